The second-order valence-corrected chi connectivity index (χ2v) is 6.18. The minimum atomic E-state index is -0.101. The molecule has 0 radical (unpaired) electrons. The zero-order valence-corrected chi connectivity index (χ0v) is 14.4. The molecular formula is C19H19ClN2O2. The average molecular weight is 343 g/mol. The topological polar surface area (TPSA) is 54.1 Å². The van der Waals surface area contributed by atoms with Gasteiger partial charge in [0.05, 0.1) is 19.6 Å². The fourth-order valence-corrected chi connectivity index (χ4v) is 2.95. The lowest BCUT2D eigenvalue weighted by atomic mass is 10.1. The van der Waals surface area contributed by atoms with Crippen LogP contribution in [0.3, 0.4) is 0 Å². The van der Waals surface area contributed by atoms with Gasteiger partial charge in [0.15, 0.2) is 0 Å². The Morgan fingerprint density at radius 3 is 2.88 bits per heavy atom. The van der Waals surface area contributed by atoms with Crippen molar-refractivity contribution in [3.63, 3.8) is 0 Å². The van der Waals surface area contributed by atoms with E-state index in [1.165, 1.54) is 0 Å². The van der Waals surface area contributed by atoms with Crippen LogP contribution in [0.15, 0.2) is 48.7 Å². The molecule has 124 valence electrons. The quantitative estimate of drug-likeness (QED) is 0.728. The summed E-state index contributed by atoms with van der Waals surface area (Å²) < 4.78 is 5.26. The summed E-state index contributed by atoms with van der Waals surface area (Å²) in [4.78, 5) is 15.6. The summed E-state index contributed by atoms with van der Waals surface area (Å²) in [5.74, 6) is 0.738. The Morgan fingerprint density at radius 1 is 1.29 bits per heavy atom. The number of nitrogens with one attached hydrogen (secondary N) is 2. The lowest BCUT2D eigenvalue weighted by Gasteiger charge is -2.14. The van der Waals surface area contributed by atoms with Crippen molar-refractivity contribution in [2.75, 3.05) is 7.11 Å². The van der Waals surface area contributed by atoms with Crippen LogP contribution >= 0.6 is 11.6 Å². The number of halogens is 1. The molecule has 1 aromatic heterocycles. The number of rotatable bonds is 5. The van der Waals surface area contributed by atoms with Crippen molar-refractivity contribution in [2.24, 2.45) is 0 Å². The van der Waals surface area contributed by atoms with E-state index in [1.54, 1.807) is 7.11 Å². The van der Waals surface area contributed by atoms with Crippen LogP contribution < -0.4 is 10.1 Å². The third-order valence-corrected chi connectivity index (χ3v) is 4.29. The first kappa shape index (κ1) is 16.4. The molecule has 0 aliphatic carbocycles. The standard InChI is InChI=1S/C19H19ClN2O2/c1-12(13-4-3-5-15(20)8-13)22-19(23)9-14-11-21-18-7-6-16(24-2)10-17(14)18/h3-8,10-12,21H,9H2,1-2H3,(H,22,23)/t12-/m1/s1. The highest BCUT2D eigenvalue weighted by molar-refractivity contribution is 6.30. The van der Waals surface area contributed by atoms with Crippen molar-refractivity contribution in [1.82, 2.24) is 10.3 Å². The summed E-state index contributed by atoms with van der Waals surface area (Å²) >= 11 is 6.01. The Hall–Kier alpha value is -2.46. The molecule has 0 saturated carbocycles. The van der Waals surface area contributed by atoms with E-state index in [0.717, 1.165) is 27.8 Å². The van der Waals surface area contributed by atoms with E-state index in [-0.39, 0.29) is 11.9 Å². The Balaban J connectivity index is 1.73. The Bertz CT molecular complexity index is 873. The minimum Gasteiger partial charge on any atom is -0.497 e. The molecule has 1 atom stereocenters. The highest BCUT2D eigenvalue weighted by Crippen LogP contribution is 2.24. The first-order chi connectivity index (χ1) is 11.6. The first-order valence-electron chi connectivity index (χ1n) is 7.75. The normalized spacial score (nSPS) is 12.1. The maximum absolute atomic E-state index is 12.4. The van der Waals surface area contributed by atoms with Crippen LogP contribution in [0.4, 0.5) is 0 Å². The fraction of sp³-hybridized carbons (Fsp3) is 0.211. The van der Waals surface area contributed by atoms with E-state index in [0.29, 0.717) is 11.4 Å². The van der Waals surface area contributed by atoms with Crippen LogP contribution in [0.25, 0.3) is 10.9 Å². The van der Waals surface area contributed by atoms with E-state index < -0.39 is 0 Å². The van der Waals surface area contributed by atoms with Crippen molar-refractivity contribution >= 4 is 28.4 Å². The molecule has 0 unspecified atom stereocenters. The van der Waals surface area contributed by atoms with Crippen LogP contribution in [-0.2, 0) is 11.2 Å². The van der Waals surface area contributed by atoms with Crippen LogP contribution in [0, 0.1) is 0 Å². The summed E-state index contributed by atoms with van der Waals surface area (Å²) in [6.45, 7) is 1.95. The molecule has 5 heteroatoms. The van der Waals surface area contributed by atoms with Crippen LogP contribution in [0.2, 0.25) is 5.02 Å². The van der Waals surface area contributed by atoms with Gasteiger partial charge in [0.2, 0.25) is 5.91 Å². The Kier molecular flexibility index (Phi) is 4.76. The number of ether oxygens (including phenoxy) is 1. The highest BCUT2D eigenvalue weighted by Gasteiger charge is 2.13. The minimum absolute atomic E-state index is 0.0359. The monoisotopic (exact) mass is 342 g/mol. The van der Waals surface area contributed by atoms with Gasteiger partial charge in [-0.3, -0.25) is 4.79 Å². The van der Waals surface area contributed by atoms with Crippen LogP contribution in [-0.4, -0.2) is 18.0 Å². The number of fused-ring (bicyclic) bond motifs is 1. The van der Waals surface area contributed by atoms with Crippen molar-refractivity contribution in [3.8, 4) is 5.75 Å². The average Bonchev–Trinajstić information content (AvgIpc) is 2.96. The van der Waals surface area contributed by atoms with Gasteiger partial charge in [-0.15, -0.1) is 0 Å². The van der Waals surface area contributed by atoms with Crippen molar-refractivity contribution in [2.45, 2.75) is 19.4 Å². The molecule has 0 aliphatic rings. The lowest BCUT2D eigenvalue weighted by Crippen LogP contribution is -2.28. The molecule has 1 amide bonds. The number of H-pyrrole nitrogens is 1. The Morgan fingerprint density at radius 2 is 2.12 bits per heavy atom. The number of benzene rings is 2. The summed E-state index contributed by atoms with van der Waals surface area (Å²) in [6.07, 6.45) is 2.17. The largest absolute Gasteiger partial charge is 0.497 e. The summed E-state index contributed by atoms with van der Waals surface area (Å²) in [6, 6.07) is 13.2. The van der Waals surface area contributed by atoms with E-state index in [4.69, 9.17) is 16.3 Å². The number of carbonyl (C=O) groups excluding carboxylic acids is 1. The molecule has 1 heterocycles. The molecule has 0 aliphatic heterocycles. The Labute approximate surface area is 145 Å². The first-order valence-corrected chi connectivity index (χ1v) is 8.13. The molecule has 2 N–H and O–H groups in total. The SMILES string of the molecule is COc1ccc2[nH]cc(CC(=O)N[C@H](C)c3cccc(Cl)c3)c2c1. The molecule has 3 aromatic rings. The van der Waals surface area contributed by atoms with Gasteiger partial charge in [0.1, 0.15) is 5.75 Å². The predicted molar refractivity (Wildman–Crippen MR) is 96.6 cm³/mol. The number of aromatic amines is 1. The van der Waals surface area contributed by atoms with E-state index in [2.05, 4.69) is 10.3 Å². The predicted octanol–water partition coefficient (Wildman–Crippen LogP) is 4.25. The molecule has 3 rings (SSSR count). The van der Waals surface area contributed by atoms with Gasteiger partial charge >= 0.3 is 0 Å². The molecule has 2 aromatic carbocycles. The molecule has 0 spiro atoms. The highest BCUT2D eigenvalue weighted by atomic mass is 35.5. The van der Waals surface area contributed by atoms with Crippen molar-refractivity contribution in [1.29, 1.82) is 0 Å². The molecule has 0 bridgehead atoms. The number of hydrogen-bond acceptors (Lipinski definition) is 2. The second-order valence-electron chi connectivity index (χ2n) is 5.75. The third kappa shape index (κ3) is 3.54. The second kappa shape index (κ2) is 6.97. The van der Waals surface area contributed by atoms with E-state index in [1.807, 2.05) is 55.6 Å². The van der Waals surface area contributed by atoms with Crippen molar-refractivity contribution in [3.05, 3.63) is 64.8 Å². The molecule has 0 fully saturated rings. The molecular weight excluding hydrogens is 324 g/mol. The molecule has 4 nitrogen and oxygen atoms in total. The van der Waals surface area contributed by atoms with Gasteiger partial charge in [-0.1, -0.05) is 23.7 Å². The van der Waals surface area contributed by atoms with E-state index >= 15 is 0 Å². The van der Waals surface area contributed by atoms with Crippen LogP contribution in [0.5, 0.6) is 5.75 Å². The van der Waals surface area contributed by atoms with E-state index in [9.17, 15) is 4.79 Å². The lowest BCUT2D eigenvalue weighted by molar-refractivity contribution is -0.121. The number of hydrogen-bond donors (Lipinski definition) is 2. The summed E-state index contributed by atoms with van der Waals surface area (Å²) in [7, 11) is 1.63. The molecule has 0 saturated heterocycles. The van der Waals surface area contributed by atoms with Gasteiger partial charge in [0.25, 0.3) is 0 Å². The number of carbonyl (C=O) groups is 1. The van der Waals surface area contributed by atoms with Gasteiger partial charge < -0.3 is 15.0 Å². The van der Waals surface area contributed by atoms with Crippen LogP contribution in [0.1, 0.15) is 24.1 Å². The van der Waals surface area contributed by atoms with Crippen molar-refractivity contribution < 1.29 is 9.53 Å². The zero-order chi connectivity index (χ0) is 17.1. The maximum atomic E-state index is 12.4. The van der Waals surface area contributed by atoms with Gasteiger partial charge in [-0.25, -0.2) is 0 Å². The summed E-state index contributed by atoms with van der Waals surface area (Å²) in [5.41, 5.74) is 2.91. The third-order valence-electron chi connectivity index (χ3n) is 4.05. The van der Waals surface area contributed by atoms with Gasteiger partial charge in [-0.2, -0.15) is 0 Å². The summed E-state index contributed by atoms with van der Waals surface area (Å²) in [5, 5.41) is 4.68. The van der Waals surface area contributed by atoms with Gasteiger partial charge in [-0.05, 0) is 48.4 Å². The number of aromatic nitrogens is 1. The fourth-order valence-electron chi connectivity index (χ4n) is 2.76. The maximum Gasteiger partial charge on any atom is 0.224 e. The molecule has 24 heavy (non-hydrogen) atoms. The number of amides is 1. The number of methoxy groups -OCH3 is 1. The zero-order valence-electron chi connectivity index (χ0n) is 13.6. The smallest absolute Gasteiger partial charge is 0.224 e. The van der Waals surface area contributed by atoms with Gasteiger partial charge in [0, 0.05) is 22.1 Å².